The van der Waals surface area contributed by atoms with Crippen molar-refractivity contribution >= 4 is 12.0 Å². The maximum Gasteiger partial charge on any atom is 0.317 e. The van der Waals surface area contributed by atoms with Gasteiger partial charge in [0, 0.05) is 13.1 Å². The molecule has 2 amide bonds. The normalized spacial score (nSPS) is 22.9. The Morgan fingerprint density at radius 3 is 2.52 bits per heavy atom. The molecule has 1 heterocycles. The molecule has 6 heteroatoms. The number of carbonyl (C=O) groups is 2. The Balaban J connectivity index is 1.96. The lowest BCUT2D eigenvalue weighted by Crippen LogP contribution is -2.41. The molecule has 0 aliphatic carbocycles. The van der Waals surface area contributed by atoms with Gasteiger partial charge < -0.3 is 15.3 Å². The number of nitrogens with one attached hydrogen (secondary N) is 1. The van der Waals surface area contributed by atoms with Crippen molar-refractivity contribution in [2.75, 3.05) is 13.1 Å². The van der Waals surface area contributed by atoms with E-state index in [0.29, 0.717) is 13.0 Å². The van der Waals surface area contributed by atoms with E-state index in [9.17, 15) is 14.0 Å². The molecule has 0 radical (unpaired) electrons. The van der Waals surface area contributed by atoms with Gasteiger partial charge in [-0.3, -0.25) is 4.79 Å². The van der Waals surface area contributed by atoms with Crippen molar-refractivity contribution in [3.63, 3.8) is 0 Å². The molecule has 2 unspecified atom stereocenters. The number of nitrogens with zero attached hydrogens (tertiary/aromatic N) is 1. The highest BCUT2D eigenvalue weighted by Crippen LogP contribution is 2.30. The van der Waals surface area contributed by atoms with Crippen LogP contribution in [0.4, 0.5) is 9.18 Å². The third-order valence-corrected chi connectivity index (χ3v) is 3.99. The molecule has 21 heavy (non-hydrogen) atoms. The largest absolute Gasteiger partial charge is 0.481 e. The molecule has 2 atom stereocenters. The van der Waals surface area contributed by atoms with Crippen LogP contribution in [0.3, 0.4) is 0 Å². The smallest absolute Gasteiger partial charge is 0.317 e. The van der Waals surface area contributed by atoms with Crippen LogP contribution in [-0.2, 0) is 4.79 Å². The quantitative estimate of drug-likeness (QED) is 0.899. The summed E-state index contributed by atoms with van der Waals surface area (Å²) in [5, 5.41) is 12.0. The number of urea groups is 1. The van der Waals surface area contributed by atoms with E-state index in [1.165, 1.54) is 17.0 Å². The van der Waals surface area contributed by atoms with Gasteiger partial charge in [0.1, 0.15) is 5.82 Å². The third-order valence-electron chi connectivity index (χ3n) is 3.99. The molecule has 1 saturated heterocycles. The molecule has 5 nitrogen and oxygen atoms in total. The molecule has 0 bridgehead atoms. The van der Waals surface area contributed by atoms with Crippen molar-refractivity contribution < 1.29 is 19.1 Å². The summed E-state index contributed by atoms with van der Waals surface area (Å²) in [7, 11) is 0. The fraction of sp³-hybridized carbons (Fsp3) is 0.467. The topological polar surface area (TPSA) is 69.6 Å². The highest BCUT2D eigenvalue weighted by molar-refractivity contribution is 5.79. The Morgan fingerprint density at radius 1 is 1.38 bits per heavy atom. The molecule has 2 N–H and O–H groups in total. The number of carbonyl (C=O) groups excluding carboxylic acids is 1. The zero-order valence-corrected chi connectivity index (χ0v) is 12.1. The van der Waals surface area contributed by atoms with Gasteiger partial charge in [0.05, 0.1) is 11.5 Å². The Kier molecular flexibility index (Phi) is 4.16. The summed E-state index contributed by atoms with van der Waals surface area (Å²) in [4.78, 5) is 24.8. The first-order chi connectivity index (χ1) is 9.82. The molecule has 1 aromatic rings. The van der Waals surface area contributed by atoms with Crippen molar-refractivity contribution in [1.29, 1.82) is 0 Å². The third kappa shape index (κ3) is 3.32. The molecule has 1 aliphatic rings. The zero-order chi connectivity index (χ0) is 15.6. The Morgan fingerprint density at radius 2 is 2.00 bits per heavy atom. The maximum absolute atomic E-state index is 12.9. The molecular weight excluding hydrogens is 275 g/mol. The summed E-state index contributed by atoms with van der Waals surface area (Å²) in [6.45, 7) is 4.07. The van der Waals surface area contributed by atoms with E-state index in [0.717, 1.165) is 5.56 Å². The number of amides is 2. The molecule has 0 saturated carbocycles. The number of hydrogen-bond donors (Lipinski definition) is 2. The molecule has 1 fully saturated rings. The summed E-state index contributed by atoms with van der Waals surface area (Å²) in [6, 6.07) is 5.36. The lowest BCUT2D eigenvalue weighted by Gasteiger charge is -2.23. The highest BCUT2D eigenvalue weighted by Gasteiger charge is 2.42. The van der Waals surface area contributed by atoms with Crippen LogP contribution in [0, 0.1) is 11.2 Å². The standard InChI is InChI=1S/C15H19FN2O3/c1-10(11-3-5-12(16)6-4-11)17-14(21)18-8-7-15(2,9-18)13(19)20/h3-6,10H,7-9H2,1-2H3,(H,17,21)(H,19,20). The summed E-state index contributed by atoms with van der Waals surface area (Å²) in [5.41, 5.74) is -0.0823. The number of likely N-dealkylation sites (tertiary alicyclic amines) is 1. The van der Waals surface area contributed by atoms with Gasteiger partial charge in [0.25, 0.3) is 0 Å². The second-order valence-corrected chi connectivity index (χ2v) is 5.76. The average Bonchev–Trinajstić information content (AvgIpc) is 2.83. The second kappa shape index (κ2) is 5.71. The van der Waals surface area contributed by atoms with Crippen LogP contribution in [0.5, 0.6) is 0 Å². The molecule has 0 aromatic heterocycles. The fourth-order valence-corrected chi connectivity index (χ4v) is 2.42. The fourth-order valence-electron chi connectivity index (χ4n) is 2.42. The first kappa shape index (κ1) is 15.3. The first-order valence-corrected chi connectivity index (χ1v) is 6.86. The number of carboxylic acids is 1. The van der Waals surface area contributed by atoms with Gasteiger partial charge in [-0.1, -0.05) is 12.1 Å². The highest BCUT2D eigenvalue weighted by atomic mass is 19.1. The molecule has 0 spiro atoms. The Hall–Kier alpha value is -2.11. The van der Waals surface area contributed by atoms with Crippen LogP contribution in [0.25, 0.3) is 0 Å². The van der Waals surface area contributed by atoms with Crippen molar-refractivity contribution in [2.24, 2.45) is 5.41 Å². The van der Waals surface area contributed by atoms with Gasteiger partial charge in [-0.25, -0.2) is 9.18 Å². The molecule has 1 aliphatic heterocycles. The van der Waals surface area contributed by atoms with Gasteiger partial charge in [-0.15, -0.1) is 0 Å². The molecule has 1 aromatic carbocycles. The van der Waals surface area contributed by atoms with Gasteiger partial charge in [-0.05, 0) is 38.0 Å². The SMILES string of the molecule is CC(NC(=O)N1CCC(C)(C(=O)O)C1)c1ccc(F)cc1. The summed E-state index contributed by atoms with van der Waals surface area (Å²) in [5.74, 6) is -1.21. The minimum absolute atomic E-state index is 0.199. The lowest BCUT2D eigenvalue weighted by molar-refractivity contribution is -0.146. The van der Waals surface area contributed by atoms with Crippen LogP contribution in [0.2, 0.25) is 0 Å². The van der Waals surface area contributed by atoms with Gasteiger partial charge in [0.2, 0.25) is 0 Å². The van der Waals surface area contributed by atoms with E-state index in [1.54, 1.807) is 26.0 Å². The van der Waals surface area contributed by atoms with Gasteiger partial charge in [-0.2, -0.15) is 0 Å². The van der Waals surface area contributed by atoms with Crippen molar-refractivity contribution in [3.8, 4) is 0 Å². The van der Waals surface area contributed by atoms with Gasteiger partial charge in [0.15, 0.2) is 0 Å². The maximum atomic E-state index is 12.9. The second-order valence-electron chi connectivity index (χ2n) is 5.76. The number of rotatable bonds is 3. The average molecular weight is 294 g/mol. The van der Waals surface area contributed by atoms with E-state index in [1.807, 2.05) is 0 Å². The van der Waals surface area contributed by atoms with E-state index >= 15 is 0 Å². The number of halogens is 1. The number of carboxylic acid groups (broad SMARTS) is 1. The van der Waals surface area contributed by atoms with Crippen molar-refractivity contribution in [2.45, 2.75) is 26.3 Å². The van der Waals surface area contributed by atoms with E-state index in [2.05, 4.69) is 5.32 Å². The first-order valence-electron chi connectivity index (χ1n) is 6.86. The van der Waals surface area contributed by atoms with Crippen LogP contribution < -0.4 is 5.32 Å². The minimum Gasteiger partial charge on any atom is -0.481 e. The lowest BCUT2D eigenvalue weighted by atomic mass is 9.90. The van der Waals surface area contributed by atoms with Crippen LogP contribution in [0.15, 0.2) is 24.3 Å². The Bertz CT molecular complexity index is 546. The van der Waals surface area contributed by atoms with Gasteiger partial charge >= 0.3 is 12.0 Å². The van der Waals surface area contributed by atoms with Crippen molar-refractivity contribution in [3.05, 3.63) is 35.6 Å². The molecular formula is C15H19FN2O3. The van der Waals surface area contributed by atoms with E-state index < -0.39 is 11.4 Å². The summed E-state index contributed by atoms with van der Waals surface area (Å²) in [6.07, 6.45) is 0.445. The summed E-state index contributed by atoms with van der Waals surface area (Å²) < 4.78 is 12.9. The monoisotopic (exact) mass is 294 g/mol. The summed E-state index contributed by atoms with van der Waals surface area (Å²) >= 11 is 0. The number of benzene rings is 1. The predicted molar refractivity (Wildman–Crippen MR) is 75.3 cm³/mol. The van der Waals surface area contributed by atoms with E-state index in [-0.39, 0.29) is 24.4 Å². The zero-order valence-electron chi connectivity index (χ0n) is 12.1. The molecule has 114 valence electrons. The van der Waals surface area contributed by atoms with Crippen LogP contribution >= 0.6 is 0 Å². The van der Waals surface area contributed by atoms with Crippen molar-refractivity contribution in [1.82, 2.24) is 10.2 Å². The minimum atomic E-state index is -0.885. The predicted octanol–water partition coefficient (Wildman–Crippen LogP) is 2.39. The van der Waals surface area contributed by atoms with Crippen LogP contribution in [0.1, 0.15) is 31.9 Å². The Labute approximate surface area is 122 Å². The van der Waals surface area contributed by atoms with E-state index in [4.69, 9.17) is 5.11 Å². The molecule has 2 rings (SSSR count). The number of aliphatic carboxylic acids is 1. The van der Waals surface area contributed by atoms with Crippen LogP contribution in [-0.4, -0.2) is 35.1 Å². The number of hydrogen-bond acceptors (Lipinski definition) is 2.